The van der Waals surface area contributed by atoms with Gasteiger partial charge in [0.25, 0.3) is 0 Å². The molecular weight excluding hydrogens is 467 g/mol. The smallest absolute Gasteiger partial charge is 0.414 e. The lowest BCUT2D eigenvalue weighted by atomic mass is 9.79. The summed E-state index contributed by atoms with van der Waals surface area (Å²) in [7, 11) is 1.03. The number of likely N-dealkylation sites (tertiary alicyclic amines) is 1. The summed E-state index contributed by atoms with van der Waals surface area (Å²) in [6.07, 6.45) is 5.47. The molecule has 0 spiro atoms. The van der Waals surface area contributed by atoms with E-state index in [2.05, 4.69) is 39.3 Å². The maximum absolute atomic E-state index is 11.3. The van der Waals surface area contributed by atoms with Gasteiger partial charge in [0.05, 0.1) is 11.9 Å². The lowest BCUT2D eigenvalue weighted by Gasteiger charge is -2.38. The standard InChI is InChI=1S/C20H27N3O2S.C4H7F3O/c1-20(17-5-7-22(14-24)8-6-17)12-16-11-18(21-13-19(16)25-20)15-3-9-23(26-2)10-4-15;1-3(8-2)4(5,6)7/h3,11,13-14,17H,4-10,12H2,1-2H3;3H,1-2H3. The molecule has 1 aromatic heterocycles. The second-order valence-corrected chi connectivity index (χ2v) is 10.0. The van der Waals surface area contributed by atoms with Crippen LogP contribution in [0.5, 0.6) is 5.75 Å². The molecule has 2 unspecified atom stereocenters. The van der Waals surface area contributed by atoms with E-state index in [1.54, 1.807) is 11.9 Å². The topological polar surface area (TPSA) is 54.9 Å². The Labute approximate surface area is 204 Å². The summed E-state index contributed by atoms with van der Waals surface area (Å²) in [4.78, 5) is 17.5. The van der Waals surface area contributed by atoms with Crippen molar-refractivity contribution in [1.82, 2.24) is 14.2 Å². The van der Waals surface area contributed by atoms with Gasteiger partial charge in [-0.3, -0.25) is 9.78 Å². The number of hydrogen-bond donors (Lipinski definition) is 0. The van der Waals surface area contributed by atoms with Gasteiger partial charge in [-0.15, -0.1) is 0 Å². The highest BCUT2D eigenvalue weighted by molar-refractivity contribution is 7.96. The van der Waals surface area contributed by atoms with E-state index in [4.69, 9.17) is 4.74 Å². The molecule has 0 saturated carbocycles. The maximum Gasteiger partial charge on any atom is 0.414 e. The lowest BCUT2D eigenvalue weighted by molar-refractivity contribution is -0.206. The Balaban J connectivity index is 0.000000350. The van der Waals surface area contributed by atoms with Crippen LogP contribution in [0.1, 0.15) is 44.4 Å². The molecule has 10 heteroatoms. The van der Waals surface area contributed by atoms with Gasteiger partial charge in [-0.25, -0.2) is 4.31 Å². The summed E-state index contributed by atoms with van der Waals surface area (Å²) in [6.45, 7) is 6.93. The molecule has 1 aromatic rings. The summed E-state index contributed by atoms with van der Waals surface area (Å²) in [6, 6.07) is 2.24. The minimum atomic E-state index is -4.21. The van der Waals surface area contributed by atoms with Crippen LogP contribution < -0.4 is 4.74 Å². The molecule has 4 heterocycles. The summed E-state index contributed by atoms with van der Waals surface area (Å²) in [5.41, 5.74) is 3.57. The number of methoxy groups -OCH3 is 1. The Morgan fingerprint density at radius 3 is 2.53 bits per heavy atom. The van der Waals surface area contributed by atoms with Gasteiger partial charge in [-0.05, 0) is 51.0 Å². The Morgan fingerprint density at radius 2 is 2.03 bits per heavy atom. The Hall–Kier alpha value is -1.78. The quantitative estimate of drug-likeness (QED) is 0.435. The molecule has 34 heavy (non-hydrogen) atoms. The molecule has 0 N–H and O–H groups in total. The van der Waals surface area contributed by atoms with Crippen LogP contribution in [0, 0.1) is 5.92 Å². The largest absolute Gasteiger partial charge is 0.485 e. The molecular formula is C24H34F3N3O3S. The van der Waals surface area contributed by atoms with Crippen molar-refractivity contribution in [2.24, 2.45) is 5.92 Å². The molecule has 2 atom stereocenters. The Bertz CT molecular complexity index is 875. The molecule has 1 saturated heterocycles. The van der Waals surface area contributed by atoms with Gasteiger partial charge in [0, 0.05) is 51.2 Å². The number of amides is 1. The van der Waals surface area contributed by atoms with E-state index < -0.39 is 12.3 Å². The minimum Gasteiger partial charge on any atom is -0.485 e. The maximum atomic E-state index is 11.3. The predicted octanol–water partition coefficient (Wildman–Crippen LogP) is 4.59. The van der Waals surface area contributed by atoms with Crippen LogP contribution in [-0.2, 0) is 16.0 Å². The summed E-state index contributed by atoms with van der Waals surface area (Å²) in [5, 5.41) is 0. The summed E-state index contributed by atoms with van der Waals surface area (Å²) in [5.74, 6) is 1.43. The van der Waals surface area contributed by atoms with E-state index in [1.807, 2.05) is 11.1 Å². The molecule has 0 aliphatic carbocycles. The molecule has 0 bridgehead atoms. The number of fused-ring (bicyclic) bond motifs is 1. The molecule has 1 amide bonds. The number of rotatable bonds is 5. The second-order valence-electron chi connectivity index (χ2n) is 9.15. The van der Waals surface area contributed by atoms with Crippen LogP contribution >= 0.6 is 11.9 Å². The number of alkyl halides is 3. The number of carbonyl (C=O) groups is 1. The van der Waals surface area contributed by atoms with Gasteiger partial charge in [-0.1, -0.05) is 18.0 Å². The zero-order valence-electron chi connectivity index (χ0n) is 20.2. The lowest BCUT2D eigenvalue weighted by Crippen LogP contribution is -2.45. The molecule has 4 rings (SSSR count). The van der Waals surface area contributed by atoms with Crippen LogP contribution in [0.4, 0.5) is 13.2 Å². The third kappa shape index (κ3) is 6.46. The van der Waals surface area contributed by atoms with Crippen LogP contribution in [0.15, 0.2) is 18.3 Å². The van der Waals surface area contributed by atoms with Crippen molar-refractivity contribution < 1.29 is 27.4 Å². The van der Waals surface area contributed by atoms with Crippen molar-refractivity contribution in [3.05, 3.63) is 29.6 Å². The third-order valence-corrected chi connectivity index (χ3v) is 7.80. The van der Waals surface area contributed by atoms with E-state index in [-0.39, 0.29) is 5.60 Å². The van der Waals surface area contributed by atoms with Crippen LogP contribution in [0.3, 0.4) is 0 Å². The molecule has 0 radical (unpaired) electrons. The van der Waals surface area contributed by atoms with Gasteiger partial charge in [-0.2, -0.15) is 13.2 Å². The highest BCUT2D eigenvalue weighted by Gasteiger charge is 2.43. The van der Waals surface area contributed by atoms with E-state index >= 15 is 0 Å². The fourth-order valence-electron chi connectivity index (χ4n) is 4.58. The first kappa shape index (κ1) is 26.8. The predicted molar refractivity (Wildman–Crippen MR) is 128 cm³/mol. The molecule has 6 nitrogen and oxygen atoms in total. The number of carbonyl (C=O) groups excluding carboxylic acids is 1. The summed E-state index contributed by atoms with van der Waals surface area (Å²) >= 11 is 1.80. The number of hydrogen-bond acceptors (Lipinski definition) is 6. The van der Waals surface area contributed by atoms with Crippen molar-refractivity contribution in [1.29, 1.82) is 0 Å². The third-order valence-electron chi connectivity index (χ3n) is 6.95. The fraction of sp³-hybridized carbons (Fsp3) is 0.667. The summed E-state index contributed by atoms with van der Waals surface area (Å²) < 4.78 is 46.7. The van der Waals surface area contributed by atoms with Gasteiger partial charge in [0.2, 0.25) is 6.41 Å². The average molecular weight is 502 g/mol. The van der Waals surface area contributed by atoms with Gasteiger partial charge >= 0.3 is 6.18 Å². The van der Waals surface area contributed by atoms with E-state index in [0.717, 1.165) is 83.7 Å². The number of piperidine rings is 1. The number of pyridine rings is 1. The van der Waals surface area contributed by atoms with Crippen LogP contribution in [0.25, 0.3) is 5.57 Å². The van der Waals surface area contributed by atoms with Gasteiger partial charge in [0.1, 0.15) is 17.5 Å². The number of halogens is 3. The van der Waals surface area contributed by atoms with Crippen molar-refractivity contribution in [3.8, 4) is 5.75 Å². The van der Waals surface area contributed by atoms with E-state index in [9.17, 15) is 18.0 Å². The Kier molecular flexibility index (Phi) is 8.92. The Morgan fingerprint density at radius 1 is 1.32 bits per heavy atom. The van der Waals surface area contributed by atoms with Crippen LogP contribution in [-0.4, -0.2) is 78.0 Å². The van der Waals surface area contributed by atoms with Crippen LogP contribution in [0.2, 0.25) is 0 Å². The average Bonchev–Trinajstić information content (AvgIpc) is 3.20. The number of aromatic nitrogens is 1. The number of nitrogens with zero attached hydrogens (tertiary/aromatic N) is 3. The van der Waals surface area contributed by atoms with E-state index in [1.165, 1.54) is 11.1 Å². The first-order chi connectivity index (χ1) is 16.1. The van der Waals surface area contributed by atoms with Crippen molar-refractivity contribution in [2.45, 2.75) is 57.4 Å². The second kappa shape index (κ2) is 11.3. The monoisotopic (exact) mass is 501 g/mol. The normalized spacial score (nSPS) is 24.4. The zero-order valence-corrected chi connectivity index (χ0v) is 21.0. The zero-order chi connectivity index (χ0) is 24.9. The molecule has 0 aromatic carbocycles. The highest BCUT2D eigenvalue weighted by Crippen LogP contribution is 2.43. The minimum absolute atomic E-state index is 0.172. The molecule has 1 fully saturated rings. The first-order valence-corrected chi connectivity index (χ1v) is 12.7. The van der Waals surface area contributed by atoms with Gasteiger partial charge < -0.3 is 14.4 Å². The van der Waals surface area contributed by atoms with E-state index in [0.29, 0.717) is 5.92 Å². The molecule has 190 valence electrons. The van der Waals surface area contributed by atoms with Crippen molar-refractivity contribution in [3.63, 3.8) is 0 Å². The van der Waals surface area contributed by atoms with Crippen molar-refractivity contribution in [2.75, 3.05) is 39.5 Å². The number of ether oxygens (including phenoxy) is 2. The van der Waals surface area contributed by atoms with Gasteiger partial charge in [0.15, 0.2) is 0 Å². The molecule has 3 aliphatic heterocycles. The SMILES string of the molecule is COC(C)C(F)(F)F.CSN1CC=C(c2cc3c(cn2)OC(C)(C2CCN(C=O)CC2)C3)CC1. The van der Waals surface area contributed by atoms with Crippen molar-refractivity contribution >= 4 is 23.9 Å². The molecule has 3 aliphatic rings. The fourth-order valence-corrected chi connectivity index (χ4v) is 5.08. The first-order valence-electron chi connectivity index (χ1n) is 11.5. The highest BCUT2D eigenvalue weighted by atomic mass is 32.2.